The van der Waals surface area contributed by atoms with E-state index in [-0.39, 0.29) is 0 Å². The van der Waals surface area contributed by atoms with E-state index in [1.165, 1.54) is 32.6 Å². The first-order valence-corrected chi connectivity index (χ1v) is 20.1. The van der Waals surface area contributed by atoms with Gasteiger partial charge in [0, 0.05) is 54.0 Å². The summed E-state index contributed by atoms with van der Waals surface area (Å²) in [5, 5.41) is 12.5. The Morgan fingerprint density at radius 1 is 0.407 bits per heavy atom. The maximum atomic E-state index is 7.00. The zero-order valence-electron chi connectivity index (χ0n) is 31.5. The molecule has 9 aromatic carbocycles. The van der Waals surface area contributed by atoms with Crippen LogP contribution in [-0.2, 0) is 0 Å². The van der Waals surface area contributed by atoms with E-state index in [1.54, 1.807) is 0 Å². The number of aromatic nitrogens is 4. The van der Waals surface area contributed by atoms with Crippen LogP contribution >= 0.6 is 0 Å². The second-order valence-electron chi connectivity index (χ2n) is 15.7. The first kappa shape index (κ1) is 31.1. The molecular weight excluding hydrogens is 721 g/mol. The molecule has 0 bridgehead atoms. The van der Waals surface area contributed by atoms with Crippen molar-refractivity contribution in [2.24, 2.45) is 0 Å². The molecule has 0 saturated heterocycles. The fraction of sp³-hybridized carbons (Fsp3) is 0. The van der Waals surface area contributed by atoms with E-state index in [2.05, 4.69) is 185 Å². The quantitative estimate of drug-likeness (QED) is 0.169. The number of rotatable bonds is 3. The minimum Gasteiger partial charge on any atom is -0.454 e. The van der Waals surface area contributed by atoms with Crippen molar-refractivity contribution in [3.05, 3.63) is 182 Å². The zero-order valence-corrected chi connectivity index (χ0v) is 31.5. The highest BCUT2D eigenvalue weighted by atomic mass is 16.3. The van der Waals surface area contributed by atoms with Crippen molar-refractivity contribution in [1.82, 2.24) is 18.9 Å². The molecule has 5 heteroatoms. The molecule has 0 unspecified atom stereocenters. The molecule has 0 N–H and O–H groups in total. The second-order valence-corrected chi connectivity index (χ2v) is 15.7. The predicted octanol–water partition coefficient (Wildman–Crippen LogP) is 14.3. The van der Waals surface area contributed by atoms with Crippen LogP contribution in [0.1, 0.15) is 0 Å². The molecule has 272 valence electrons. The summed E-state index contributed by atoms with van der Waals surface area (Å²) < 4.78 is 11.8. The van der Waals surface area contributed by atoms with Gasteiger partial charge in [-0.3, -0.25) is 4.57 Å². The highest BCUT2D eigenvalue weighted by Crippen LogP contribution is 2.48. The molecule has 0 aliphatic heterocycles. The van der Waals surface area contributed by atoms with Gasteiger partial charge in [-0.1, -0.05) is 152 Å². The molecule has 59 heavy (non-hydrogen) atoms. The van der Waals surface area contributed by atoms with Gasteiger partial charge in [-0.05, 0) is 52.2 Å². The summed E-state index contributed by atoms with van der Waals surface area (Å²) >= 11 is 0. The lowest BCUT2D eigenvalue weighted by molar-refractivity contribution is 0.671. The van der Waals surface area contributed by atoms with Crippen molar-refractivity contribution in [2.45, 2.75) is 0 Å². The van der Waals surface area contributed by atoms with Crippen LogP contribution in [0.5, 0.6) is 0 Å². The Bertz CT molecular complexity index is 4080. The molecular formula is C54H30N4O. The maximum Gasteiger partial charge on any atom is 0.235 e. The van der Waals surface area contributed by atoms with Crippen molar-refractivity contribution in [2.75, 3.05) is 0 Å². The van der Waals surface area contributed by atoms with Crippen LogP contribution in [0, 0.1) is 0 Å². The van der Waals surface area contributed by atoms with E-state index in [9.17, 15) is 0 Å². The van der Waals surface area contributed by atoms with E-state index in [1.807, 2.05) is 6.07 Å². The fourth-order valence-electron chi connectivity index (χ4n) is 10.2. The van der Waals surface area contributed by atoms with Crippen LogP contribution in [-0.4, -0.2) is 18.9 Å². The van der Waals surface area contributed by atoms with Crippen LogP contribution in [0.3, 0.4) is 0 Å². The monoisotopic (exact) mass is 750 g/mol. The SMILES string of the molecule is c1ccc(-c2ccccc2-c2nc(-n3c4cccc5c6cccc7c8ccccc8n(c8cc9c%10ccccc%10oc9c3c8c54)c67)nc3c2ccc2ccccc23)cc1. The number of para-hydroxylation sites is 3. The molecule has 5 nitrogen and oxygen atoms in total. The van der Waals surface area contributed by atoms with Gasteiger partial charge in [0.2, 0.25) is 5.95 Å². The van der Waals surface area contributed by atoms with Gasteiger partial charge in [0.1, 0.15) is 11.1 Å². The third kappa shape index (κ3) is 4.03. The Labute approximate surface area is 335 Å². The van der Waals surface area contributed by atoms with Crippen LogP contribution in [0.15, 0.2) is 186 Å². The molecule has 5 aromatic heterocycles. The summed E-state index contributed by atoms with van der Waals surface area (Å²) in [5.41, 5.74) is 12.3. The second kappa shape index (κ2) is 11.3. The lowest BCUT2D eigenvalue weighted by Gasteiger charge is -2.16. The number of hydrogen-bond acceptors (Lipinski definition) is 3. The molecule has 0 fully saturated rings. The highest BCUT2D eigenvalue weighted by molar-refractivity contribution is 6.35. The van der Waals surface area contributed by atoms with Crippen molar-refractivity contribution < 1.29 is 4.42 Å². The average molecular weight is 751 g/mol. The molecule has 5 heterocycles. The van der Waals surface area contributed by atoms with Gasteiger partial charge in [0.15, 0.2) is 5.58 Å². The van der Waals surface area contributed by atoms with E-state index in [4.69, 9.17) is 14.4 Å². The van der Waals surface area contributed by atoms with Gasteiger partial charge in [0.25, 0.3) is 0 Å². The Morgan fingerprint density at radius 2 is 1.08 bits per heavy atom. The molecule has 0 amide bonds. The number of benzene rings is 9. The Morgan fingerprint density at radius 3 is 1.98 bits per heavy atom. The molecule has 0 aliphatic carbocycles. The van der Waals surface area contributed by atoms with E-state index >= 15 is 0 Å². The summed E-state index contributed by atoms with van der Waals surface area (Å²) in [6.07, 6.45) is 0. The minimum absolute atomic E-state index is 0.596. The van der Waals surface area contributed by atoms with Gasteiger partial charge in [-0.2, -0.15) is 0 Å². The third-order valence-electron chi connectivity index (χ3n) is 12.7. The first-order chi connectivity index (χ1) is 29.3. The number of furan rings is 1. The molecule has 14 rings (SSSR count). The van der Waals surface area contributed by atoms with Gasteiger partial charge >= 0.3 is 0 Å². The Hall–Kier alpha value is -8.02. The lowest BCUT2D eigenvalue weighted by atomic mass is 9.95. The molecule has 0 atom stereocenters. The summed E-state index contributed by atoms with van der Waals surface area (Å²) in [6, 6.07) is 65.1. The zero-order chi connectivity index (χ0) is 38.3. The molecule has 0 saturated carbocycles. The van der Waals surface area contributed by atoms with Gasteiger partial charge < -0.3 is 8.82 Å². The van der Waals surface area contributed by atoms with Crippen LogP contribution in [0.4, 0.5) is 0 Å². The van der Waals surface area contributed by atoms with Crippen LogP contribution in [0.2, 0.25) is 0 Å². The van der Waals surface area contributed by atoms with E-state index in [0.717, 1.165) is 93.3 Å². The van der Waals surface area contributed by atoms with Gasteiger partial charge in [0.05, 0.1) is 33.3 Å². The van der Waals surface area contributed by atoms with Crippen molar-refractivity contribution in [3.8, 4) is 28.3 Å². The standard InChI is InChI=1S/C54H30N4O/c1-2-14-31(15-3-1)33-17-6-7-21-38(33)50-41-29-28-32-16-4-5-18-34(32)49(41)55-54(56-50)58-44-26-13-22-37-40-24-12-23-39-35-19-8-10-25-43(35)57(51(39)40)45-30-42-36-20-9-11-27-46(36)59-53(42)52(58)48(45)47(37)44/h1-30H. The first-order valence-electron chi connectivity index (χ1n) is 20.1. The summed E-state index contributed by atoms with van der Waals surface area (Å²) in [4.78, 5) is 11.3. The Balaban J connectivity index is 1.25. The smallest absolute Gasteiger partial charge is 0.235 e. The summed E-state index contributed by atoms with van der Waals surface area (Å²) in [5.74, 6) is 0.596. The minimum atomic E-state index is 0.596. The van der Waals surface area contributed by atoms with Gasteiger partial charge in [-0.25, -0.2) is 9.97 Å². The summed E-state index contributed by atoms with van der Waals surface area (Å²) in [7, 11) is 0. The summed E-state index contributed by atoms with van der Waals surface area (Å²) in [6.45, 7) is 0. The number of nitrogens with zero attached hydrogens (tertiary/aromatic N) is 4. The van der Waals surface area contributed by atoms with Crippen molar-refractivity contribution in [1.29, 1.82) is 0 Å². The number of fused-ring (bicyclic) bond motifs is 12. The molecule has 0 radical (unpaired) electrons. The fourth-order valence-corrected chi connectivity index (χ4v) is 10.2. The van der Waals surface area contributed by atoms with Crippen molar-refractivity contribution >= 4 is 104 Å². The Kier molecular flexibility index (Phi) is 5.96. The largest absolute Gasteiger partial charge is 0.454 e. The highest BCUT2D eigenvalue weighted by Gasteiger charge is 2.28. The predicted molar refractivity (Wildman–Crippen MR) is 244 cm³/mol. The van der Waals surface area contributed by atoms with Crippen molar-refractivity contribution in [3.63, 3.8) is 0 Å². The average Bonchev–Trinajstić information content (AvgIpc) is 3.94. The topological polar surface area (TPSA) is 48.3 Å². The lowest BCUT2D eigenvalue weighted by Crippen LogP contribution is -2.04. The number of hydrogen-bond donors (Lipinski definition) is 0. The normalized spacial score (nSPS) is 12.4. The van der Waals surface area contributed by atoms with Gasteiger partial charge in [-0.15, -0.1) is 0 Å². The molecule has 0 aliphatic rings. The van der Waals surface area contributed by atoms with Crippen LogP contribution < -0.4 is 0 Å². The van der Waals surface area contributed by atoms with Crippen LogP contribution in [0.25, 0.3) is 132 Å². The maximum absolute atomic E-state index is 7.00. The molecule has 14 aromatic rings. The van der Waals surface area contributed by atoms with E-state index < -0.39 is 0 Å². The van der Waals surface area contributed by atoms with E-state index in [0.29, 0.717) is 5.95 Å². The molecule has 0 spiro atoms. The third-order valence-corrected chi connectivity index (χ3v) is 12.7.